The molecule has 0 aliphatic heterocycles. The Morgan fingerprint density at radius 2 is 2.05 bits per heavy atom. The van der Waals surface area contributed by atoms with Gasteiger partial charge in [-0.1, -0.05) is 18.2 Å². The number of carbonyl (C=O) groups is 1. The van der Waals surface area contributed by atoms with Gasteiger partial charge in [0.1, 0.15) is 0 Å². The summed E-state index contributed by atoms with van der Waals surface area (Å²) in [5.41, 5.74) is 1.79. The second-order valence-corrected chi connectivity index (χ2v) is 6.26. The topological polar surface area (TPSA) is 69.2 Å². The van der Waals surface area contributed by atoms with Gasteiger partial charge in [-0.15, -0.1) is 0 Å². The summed E-state index contributed by atoms with van der Waals surface area (Å²) in [5, 5.41) is 17.5. The van der Waals surface area contributed by atoms with Crippen molar-refractivity contribution >= 4 is 16.8 Å². The number of H-pyrrole nitrogens is 1. The van der Waals surface area contributed by atoms with Gasteiger partial charge in [-0.05, 0) is 37.7 Å². The third-order valence-corrected chi connectivity index (χ3v) is 4.88. The summed E-state index contributed by atoms with van der Waals surface area (Å²) >= 11 is 0. The zero-order valence-corrected chi connectivity index (χ0v) is 13.0. The van der Waals surface area contributed by atoms with Crippen LogP contribution in [0.4, 0.5) is 0 Å². The fourth-order valence-electron chi connectivity index (χ4n) is 3.34. The fourth-order valence-corrected chi connectivity index (χ4v) is 3.34. The number of benzene rings is 1. The van der Waals surface area contributed by atoms with Gasteiger partial charge >= 0.3 is 0 Å². The Morgan fingerprint density at radius 1 is 1.32 bits per heavy atom. The van der Waals surface area contributed by atoms with Crippen molar-refractivity contribution < 1.29 is 9.90 Å². The smallest absolute Gasteiger partial charge is 0.228 e. The van der Waals surface area contributed by atoms with Crippen LogP contribution < -0.4 is 0 Å². The highest BCUT2D eigenvalue weighted by molar-refractivity contribution is 5.87. The number of nitrogens with zero attached hydrogens (tertiary/aromatic N) is 2. The van der Waals surface area contributed by atoms with E-state index in [4.69, 9.17) is 0 Å². The van der Waals surface area contributed by atoms with Gasteiger partial charge in [-0.3, -0.25) is 9.89 Å². The van der Waals surface area contributed by atoms with E-state index in [1.807, 2.05) is 36.2 Å². The van der Waals surface area contributed by atoms with E-state index in [9.17, 15) is 9.90 Å². The minimum atomic E-state index is 0.127. The molecule has 3 rings (SSSR count). The lowest BCUT2D eigenvalue weighted by Crippen LogP contribution is -2.40. The molecule has 22 heavy (non-hydrogen) atoms. The third-order valence-electron chi connectivity index (χ3n) is 4.88. The Labute approximate surface area is 130 Å². The molecule has 1 saturated carbocycles. The Bertz CT molecular complexity index is 644. The number of carbonyl (C=O) groups excluding carboxylic acids is 1. The molecule has 2 N–H and O–H groups in total. The highest BCUT2D eigenvalue weighted by Crippen LogP contribution is 2.27. The molecule has 0 saturated heterocycles. The zero-order valence-electron chi connectivity index (χ0n) is 13.0. The number of nitrogens with one attached hydrogen (secondary N) is 1. The number of aromatic amines is 1. The van der Waals surface area contributed by atoms with E-state index >= 15 is 0 Å². The number of likely N-dealkylation sites (N-methyl/N-ethyl adjacent to an activating group) is 1. The Morgan fingerprint density at radius 3 is 2.77 bits per heavy atom. The van der Waals surface area contributed by atoms with E-state index in [2.05, 4.69) is 10.2 Å². The lowest BCUT2D eigenvalue weighted by Gasteiger charge is -2.34. The summed E-state index contributed by atoms with van der Waals surface area (Å²) in [4.78, 5) is 14.4. The Hall–Kier alpha value is -1.88. The van der Waals surface area contributed by atoms with Crippen LogP contribution >= 0.6 is 0 Å². The van der Waals surface area contributed by atoms with E-state index in [1.165, 1.54) is 0 Å². The molecule has 0 radical (unpaired) electrons. The number of aromatic nitrogens is 2. The Balaban J connectivity index is 1.64. The third kappa shape index (κ3) is 2.99. The number of amides is 1. The number of rotatable bonds is 4. The van der Waals surface area contributed by atoms with E-state index < -0.39 is 0 Å². The van der Waals surface area contributed by atoms with Crippen molar-refractivity contribution in [1.82, 2.24) is 15.1 Å². The van der Waals surface area contributed by atoms with E-state index in [-0.39, 0.29) is 12.5 Å². The predicted molar refractivity (Wildman–Crippen MR) is 85.4 cm³/mol. The van der Waals surface area contributed by atoms with Gasteiger partial charge in [0, 0.05) is 25.1 Å². The van der Waals surface area contributed by atoms with Gasteiger partial charge in [-0.2, -0.15) is 5.10 Å². The lowest BCUT2D eigenvalue weighted by atomic mass is 9.86. The molecule has 1 fully saturated rings. The number of para-hydroxylation sites is 1. The first-order valence-corrected chi connectivity index (χ1v) is 7.97. The van der Waals surface area contributed by atoms with Crippen molar-refractivity contribution in [3.63, 3.8) is 0 Å². The van der Waals surface area contributed by atoms with Gasteiger partial charge in [-0.25, -0.2) is 0 Å². The molecule has 0 unspecified atom stereocenters. The maximum Gasteiger partial charge on any atom is 0.228 e. The molecule has 1 aliphatic carbocycles. The van der Waals surface area contributed by atoms with Crippen LogP contribution in [-0.2, 0) is 11.2 Å². The van der Waals surface area contributed by atoms with Crippen molar-refractivity contribution in [2.45, 2.75) is 38.1 Å². The number of aliphatic hydroxyl groups excluding tert-OH is 1. The second-order valence-electron chi connectivity index (χ2n) is 6.26. The molecule has 0 bridgehead atoms. The fraction of sp³-hybridized carbons (Fsp3) is 0.529. The van der Waals surface area contributed by atoms with Crippen LogP contribution in [-0.4, -0.2) is 45.8 Å². The number of hydrogen-bond acceptors (Lipinski definition) is 3. The number of aliphatic hydroxyl groups is 1. The predicted octanol–water partition coefficient (Wildman–Crippen LogP) is 2.11. The molecular formula is C17H23N3O2. The van der Waals surface area contributed by atoms with Crippen LogP contribution in [0.5, 0.6) is 0 Å². The molecule has 0 spiro atoms. The van der Waals surface area contributed by atoms with Crippen molar-refractivity contribution in [1.29, 1.82) is 0 Å². The van der Waals surface area contributed by atoms with Crippen LogP contribution in [0, 0.1) is 5.92 Å². The molecule has 1 heterocycles. The molecule has 1 aromatic heterocycles. The summed E-state index contributed by atoms with van der Waals surface area (Å²) in [6.45, 7) is 0.268. The minimum absolute atomic E-state index is 0.127. The highest BCUT2D eigenvalue weighted by atomic mass is 16.3. The molecule has 2 aromatic rings. The van der Waals surface area contributed by atoms with Crippen LogP contribution in [0.3, 0.4) is 0 Å². The molecule has 5 nitrogen and oxygen atoms in total. The number of fused-ring (bicyclic) bond motifs is 1. The second kappa shape index (κ2) is 6.48. The summed E-state index contributed by atoms with van der Waals surface area (Å²) in [5.74, 6) is 0.540. The van der Waals surface area contributed by atoms with E-state index in [0.29, 0.717) is 18.4 Å². The van der Waals surface area contributed by atoms with Crippen LogP contribution in [0.2, 0.25) is 0 Å². The number of hydrogen-bond donors (Lipinski definition) is 2. The molecule has 0 atom stereocenters. The van der Waals surface area contributed by atoms with E-state index in [1.54, 1.807) is 0 Å². The zero-order chi connectivity index (χ0) is 15.5. The average Bonchev–Trinajstić information content (AvgIpc) is 2.97. The molecule has 118 valence electrons. The standard InChI is InChI=1S/C17H23N3O2/c1-20(13-8-6-12(11-21)7-9-13)17(22)10-16-14-4-2-3-5-15(14)18-19-16/h2-5,12-13,21H,6-11H2,1H3,(H,18,19). The molecule has 1 aliphatic rings. The van der Waals surface area contributed by atoms with Gasteiger partial charge in [0.25, 0.3) is 0 Å². The normalized spacial score (nSPS) is 21.9. The van der Waals surface area contributed by atoms with Crippen molar-refractivity contribution in [2.24, 2.45) is 5.92 Å². The maximum atomic E-state index is 12.5. The minimum Gasteiger partial charge on any atom is -0.396 e. The Kier molecular flexibility index (Phi) is 4.43. The van der Waals surface area contributed by atoms with Gasteiger partial charge in [0.2, 0.25) is 5.91 Å². The summed E-state index contributed by atoms with van der Waals surface area (Å²) in [6, 6.07) is 8.14. The van der Waals surface area contributed by atoms with Crippen LogP contribution in [0.15, 0.2) is 24.3 Å². The first kappa shape index (κ1) is 15.0. The summed E-state index contributed by atoms with van der Waals surface area (Å²) in [7, 11) is 1.89. The van der Waals surface area contributed by atoms with Crippen molar-refractivity contribution in [3.05, 3.63) is 30.0 Å². The maximum absolute atomic E-state index is 12.5. The van der Waals surface area contributed by atoms with Gasteiger partial charge < -0.3 is 10.0 Å². The largest absolute Gasteiger partial charge is 0.396 e. The van der Waals surface area contributed by atoms with Crippen LogP contribution in [0.25, 0.3) is 10.9 Å². The average molecular weight is 301 g/mol. The molecule has 1 amide bonds. The highest BCUT2D eigenvalue weighted by Gasteiger charge is 2.26. The lowest BCUT2D eigenvalue weighted by molar-refractivity contribution is -0.132. The quantitative estimate of drug-likeness (QED) is 0.909. The van der Waals surface area contributed by atoms with Crippen molar-refractivity contribution in [3.8, 4) is 0 Å². The first-order chi connectivity index (χ1) is 10.7. The van der Waals surface area contributed by atoms with Crippen LogP contribution in [0.1, 0.15) is 31.4 Å². The SMILES string of the molecule is CN(C(=O)Cc1[nH]nc2ccccc12)C1CCC(CO)CC1. The van der Waals surface area contributed by atoms with Crippen molar-refractivity contribution in [2.75, 3.05) is 13.7 Å². The van der Waals surface area contributed by atoms with Gasteiger partial charge in [0.05, 0.1) is 17.6 Å². The van der Waals surface area contributed by atoms with Gasteiger partial charge in [0.15, 0.2) is 0 Å². The van der Waals surface area contributed by atoms with E-state index in [0.717, 1.165) is 42.3 Å². The molecule has 1 aromatic carbocycles. The first-order valence-electron chi connectivity index (χ1n) is 7.97. The molecular weight excluding hydrogens is 278 g/mol. The summed E-state index contributed by atoms with van der Waals surface area (Å²) < 4.78 is 0. The monoisotopic (exact) mass is 301 g/mol. The summed E-state index contributed by atoms with van der Waals surface area (Å²) in [6.07, 6.45) is 4.34. The molecule has 5 heteroatoms.